The standard InChI is InChI=1S/C13H24N2O4/c1-12(11(16)14-2)9-15(5-8-19-12)10-13(17)3-6-18-7-4-13/h17H,3-10H2,1-2H3,(H,14,16). The number of rotatable bonds is 3. The summed E-state index contributed by atoms with van der Waals surface area (Å²) >= 11 is 0. The summed E-state index contributed by atoms with van der Waals surface area (Å²) in [5.74, 6) is -0.115. The highest BCUT2D eigenvalue weighted by Gasteiger charge is 2.41. The van der Waals surface area contributed by atoms with E-state index in [1.807, 2.05) is 0 Å². The number of morpholine rings is 1. The number of likely N-dealkylation sites (N-methyl/N-ethyl adjacent to an activating group) is 1. The largest absolute Gasteiger partial charge is 0.388 e. The van der Waals surface area contributed by atoms with Crippen molar-refractivity contribution >= 4 is 5.91 Å². The van der Waals surface area contributed by atoms with Crippen LogP contribution in [0.3, 0.4) is 0 Å². The normalized spacial score (nSPS) is 31.9. The summed E-state index contributed by atoms with van der Waals surface area (Å²) in [5, 5.41) is 13.2. The highest BCUT2D eigenvalue weighted by Crippen LogP contribution is 2.25. The van der Waals surface area contributed by atoms with E-state index in [2.05, 4.69) is 10.2 Å². The summed E-state index contributed by atoms with van der Waals surface area (Å²) in [6, 6.07) is 0. The van der Waals surface area contributed by atoms with Gasteiger partial charge in [0.05, 0.1) is 12.2 Å². The fourth-order valence-corrected chi connectivity index (χ4v) is 2.81. The van der Waals surface area contributed by atoms with Gasteiger partial charge in [-0.05, 0) is 6.92 Å². The predicted octanol–water partition coefficient (Wildman–Crippen LogP) is -0.635. The Hall–Kier alpha value is -0.690. The average molecular weight is 272 g/mol. The first kappa shape index (κ1) is 14.7. The van der Waals surface area contributed by atoms with E-state index in [4.69, 9.17) is 9.47 Å². The molecule has 0 aromatic rings. The summed E-state index contributed by atoms with van der Waals surface area (Å²) in [4.78, 5) is 14.0. The van der Waals surface area contributed by atoms with Gasteiger partial charge in [-0.25, -0.2) is 0 Å². The second-order valence-corrected chi connectivity index (χ2v) is 5.71. The van der Waals surface area contributed by atoms with Crippen LogP contribution in [0.5, 0.6) is 0 Å². The minimum Gasteiger partial charge on any atom is -0.388 e. The third-order valence-corrected chi connectivity index (χ3v) is 4.00. The third kappa shape index (κ3) is 3.45. The average Bonchev–Trinajstić information content (AvgIpc) is 2.38. The molecule has 0 aliphatic carbocycles. The monoisotopic (exact) mass is 272 g/mol. The zero-order chi connectivity index (χ0) is 13.9. The first-order chi connectivity index (χ1) is 8.97. The van der Waals surface area contributed by atoms with Gasteiger partial charge in [-0.2, -0.15) is 0 Å². The van der Waals surface area contributed by atoms with Gasteiger partial charge in [0.1, 0.15) is 0 Å². The molecule has 19 heavy (non-hydrogen) atoms. The maximum atomic E-state index is 11.9. The lowest BCUT2D eigenvalue weighted by atomic mass is 9.92. The second kappa shape index (κ2) is 5.75. The fraction of sp³-hybridized carbons (Fsp3) is 0.923. The topological polar surface area (TPSA) is 71.0 Å². The Morgan fingerprint density at radius 3 is 2.68 bits per heavy atom. The van der Waals surface area contributed by atoms with Crippen molar-refractivity contribution in [3.05, 3.63) is 0 Å². The molecule has 2 N–H and O–H groups in total. The molecule has 2 saturated heterocycles. The molecule has 0 aromatic heterocycles. The van der Waals surface area contributed by atoms with Crippen LogP contribution in [0, 0.1) is 0 Å². The van der Waals surface area contributed by atoms with Gasteiger partial charge in [-0.15, -0.1) is 0 Å². The van der Waals surface area contributed by atoms with Crippen molar-refractivity contribution in [2.24, 2.45) is 0 Å². The fourth-order valence-electron chi connectivity index (χ4n) is 2.81. The first-order valence-electron chi connectivity index (χ1n) is 6.86. The Kier molecular flexibility index (Phi) is 4.45. The molecule has 110 valence electrons. The van der Waals surface area contributed by atoms with E-state index in [1.165, 1.54) is 0 Å². The van der Waals surface area contributed by atoms with E-state index >= 15 is 0 Å². The zero-order valence-electron chi connectivity index (χ0n) is 11.8. The molecule has 2 fully saturated rings. The van der Waals surface area contributed by atoms with Gasteiger partial charge in [0.15, 0.2) is 5.60 Å². The highest BCUT2D eigenvalue weighted by molar-refractivity contribution is 5.84. The SMILES string of the molecule is CNC(=O)C1(C)CN(CC2(O)CCOCC2)CCO1. The van der Waals surface area contributed by atoms with Crippen LogP contribution in [0.4, 0.5) is 0 Å². The van der Waals surface area contributed by atoms with Gasteiger partial charge in [-0.3, -0.25) is 9.69 Å². The summed E-state index contributed by atoms with van der Waals surface area (Å²) in [6.45, 7) is 5.35. The van der Waals surface area contributed by atoms with Crippen LogP contribution >= 0.6 is 0 Å². The Labute approximate surface area is 114 Å². The number of carbonyl (C=O) groups excluding carboxylic acids is 1. The summed E-state index contributed by atoms with van der Waals surface area (Å²) in [6.07, 6.45) is 1.31. The van der Waals surface area contributed by atoms with Gasteiger partial charge in [-0.1, -0.05) is 0 Å². The molecule has 0 radical (unpaired) electrons. The number of hydrogen-bond donors (Lipinski definition) is 2. The van der Waals surface area contributed by atoms with Gasteiger partial charge in [0, 0.05) is 52.7 Å². The van der Waals surface area contributed by atoms with Crippen molar-refractivity contribution in [3.63, 3.8) is 0 Å². The van der Waals surface area contributed by atoms with Crippen molar-refractivity contribution in [2.45, 2.75) is 31.0 Å². The zero-order valence-corrected chi connectivity index (χ0v) is 11.8. The smallest absolute Gasteiger partial charge is 0.253 e. The minimum atomic E-state index is -0.825. The van der Waals surface area contributed by atoms with Crippen molar-refractivity contribution < 1.29 is 19.4 Å². The molecule has 1 unspecified atom stereocenters. The Bertz CT molecular complexity index is 331. The van der Waals surface area contributed by atoms with Gasteiger partial charge < -0.3 is 19.9 Å². The van der Waals surface area contributed by atoms with Crippen molar-refractivity contribution in [1.29, 1.82) is 0 Å². The van der Waals surface area contributed by atoms with E-state index in [9.17, 15) is 9.90 Å². The number of carbonyl (C=O) groups is 1. The van der Waals surface area contributed by atoms with Crippen LogP contribution in [-0.4, -0.2) is 73.6 Å². The number of aliphatic hydroxyl groups is 1. The van der Waals surface area contributed by atoms with Gasteiger partial charge >= 0.3 is 0 Å². The molecule has 0 saturated carbocycles. The van der Waals surface area contributed by atoms with Gasteiger partial charge in [0.2, 0.25) is 0 Å². The van der Waals surface area contributed by atoms with E-state index < -0.39 is 11.2 Å². The van der Waals surface area contributed by atoms with Gasteiger partial charge in [0.25, 0.3) is 5.91 Å². The van der Waals surface area contributed by atoms with Crippen LogP contribution in [0.25, 0.3) is 0 Å². The van der Waals surface area contributed by atoms with Crippen LogP contribution in [0.1, 0.15) is 19.8 Å². The molecule has 2 heterocycles. The van der Waals surface area contributed by atoms with Crippen molar-refractivity contribution in [3.8, 4) is 0 Å². The second-order valence-electron chi connectivity index (χ2n) is 5.71. The van der Waals surface area contributed by atoms with Crippen molar-refractivity contribution in [1.82, 2.24) is 10.2 Å². The van der Waals surface area contributed by atoms with Crippen LogP contribution in [0.2, 0.25) is 0 Å². The maximum absolute atomic E-state index is 11.9. The minimum absolute atomic E-state index is 0.115. The van der Waals surface area contributed by atoms with E-state index in [-0.39, 0.29) is 5.91 Å². The van der Waals surface area contributed by atoms with E-state index in [0.717, 1.165) is 6.54 Å². The molecule has 6 nitrogen and oxygen atoms in total. The maximum Gasteiger partial charge on any atom is 0.253 e. The first-order valence-corrected chi connectivity index (χ1v) is 6.86. The number of nitrogens with one attached hydrogen (secondary N) is 1. The van der Waals surface area contributed by atoms with E-state index in [0.29, 0.717) is 45.8 Å². The molecular formula is C13H24N2O4. The lowest BCUT2D eigenvalue weighted by Crippen LogP contribution is -2.60. The Balaban J connectivity index is 1.95. The van der Waals surface area contributed by atoms with Crippen LogP contribution in [-0.2, 0) is 14.3 Å². The quantitative estimate of drug-likeness (QED) is 0.715. The van der Waals surface area contributed by atoms with Crippen LogP contribution < -0.4 is 5.32 Å². The molecule has 0 bridgehead atoms. The number of nitrogens with zero attached hydrogens (tertiary/aromatic N) is 1. The highest BCUT2D eigenvalue weighted by atomic mass is 16.5. The predicted molar refractivity (Wildman–Crippen MR) is 69.9 cm³/mol. The van der Waals surface area contributed by atoms with Crippen molar-refractivity contribution in [2.75, 3.05) is 46.5 Å². The molecular weight excluding hydrogens is 248 g/mol. The molecule has 1 amide bonds. The number of hydrogen-bond acceptors (Lipinski definition) is 5. The summed E-state index contributed by atoms with van der Waals surface area (Å²) in [5.41, 5.74) is -1.52. The molecule has 1 atom stereocenters. The summed E-state index contributed by atoms with van der Waals surface area (Å²) < 4.78 is 10.9. The lowest BCUT2D eigenvalue weighted by molar-refractivity contribution is -0.162. The number of β-amino-alcohol motifs (C(OH)–C–C–N with tert-alkyl or cyclic N) is 1. The summed E-state index contributed by atoms with van der Waals surface area (Å²) in [7, 11) is 1.61. The Morgan fingerprint density at radius 1 is 1.37 bits per heavy atom. The lowest BCUT2D eigenvalue weighted by Gasteiger charge is -2.43. The molecule has 0 aromatic carbocycles. The Morgan fingerprint density at radius 2 is 2.05 bits per heavy atom. The molecule has 0 spiro atoms. The molecule has 2 rings (SSSR count). The molecule has 2 aliphatic rings. The molecule has 2 aliphatic heterocycles. The van der Waals surface area contributed by atoms with Crippen LogP contribution in [0.15, 0.2) is 0 Å². The number of ether oxygens (including phenoxy) is 2. The van der Waals surface area contributed by atoms with E-state index in [1.54, 1.807) is 14.0 Å². The molecule has 6 heteroatoms. The number of amides is 1. The third-order valence-electron chi connectivity index (χ3n) is 4.00.